The minimum Gasteiger partial charge on any atom is -0.442 e. The lowest BCUT2D eigenvalue weighted by Crippen LogP contribution is -2.47. The lowest BCUT2D eigenvalue weighted by molar-refractivity contribution is -0.132. The van der Waals surface area contributed by atoms with Crippen molar-refractivity contribution in [1.82, 2.24) is 5.01 Å². The van der Waals surface area contributed by atoms with Gasteiger partial charge in [-0.3, -0.25) is 4.79 Å². The summed E-state index contributed by atoms with van der Waals surface area (Å²) in [6.07, 6.45) is -0.0754. The molecule has 7 heteroatoms. The summed E-state index contributed by atoms with van der Waals surface area (Å²) in [5.41, 5.74) is -0.335. The maximum absolute atomic E-state index is 13.4. The fourth-order valence-corrected chi connectivity index (χ4v) is 2.16. The molecule has 0 saturated carbocycles. The summed E-state index contributed by atoms with van der Waals surface area (Å²) in [5.74, 6) is 4.06. The van der Waals surface area contributed by atoms with Gasteiger partial charge in [0.05, 0.1) is 5.92 Å². The first-order chi connectivity index (χ1) is 10.7. The summed E-state index contributed by atoms with van der Waals surface area (Å²) in [7, 11) is 0. The molecule has 1 unspecified atom stereocenters. The minimum atomic E-state index is -0.949. The Hall–Kier alpha value is -1.66. The minimum absolute atomic E-state index is 0.343. The molecule has 0 heterocycles. The number of ether oxygens (including phenoxy) is 1. The van der Waals surface area contributed by atoms with Crippen LogP contribution in [0.4, 0.5) is 9.18 Å². The fraction of sp³-hybridized carbons (Fsp3) is 0.500. The van der Waals surface area contributed by atoms with Crippen molar-refractivity contribution in [3.05, 3.63) is 35.6 Å². The molecule has 1 aromatic rings. The topological polar surface area (TPSA) is 72.6 Å². The number of benzene rings is 1. The van der Waals surface area contributed by atoms with Gasteiger partial charge in [0.1, 0.15) is 11.4 Å². The molecular formula is C16H22ClFN2O3. The van der Waals surface area contributed by atoms with Crippen LogP contribution in [-0.2, 0) is 9.53 Å². The molecule has 0 saturated heterocycles. The number of amides is 2. The van der Waals surface area contributed by atoms with Gasteiger partial charge in [-0.15, -0.1) is 11.6 Å². The molecule has 0 spiro atoms. The molecule has 0 aromatic heterocycles. The number of carbonyl (C=O) groups is 2. The van der Waals surface area contributed by atoms with Gasteiger partial charge < -0.3 is 4.74 Å². The van der Waals surface area contributed by atoms with E-state index in [1.165, 1.54) is 18.2 Å². The van der Waals surface area contributed by atoms with Gasteiger partial charge >= 0.3 is 6.09 Å². The zero-order chi connectivity index (χ0) is 17.6. The first kappa shape index (κ1) is 19.4. The van der Waals surface area contributed by atoms with Crippen LogP contribution >= 0.6 is 11.6 Å². The summed E-state index contributed by atoms with van der Waals surface area (Å²) in [4.78, 5) is 24.5. The van der Waals surface area contributed by atoms with Crippen molar-refractivity contribution in [1.29, 1.82) is 0 Å². The number of hydrazine groups is 1. The molecule has 0 bridgehead atoms. The highest BCUT2D eigenvalue weighted by Gasteiger charge is 2.31. The molecule has 2 amide bonds. The number of rotatable bonds is 5. The third-order valence-corrected chi connectivity index (χ3v) is 3.27. The molecule has 2 N–H and O–H groups in total. The van der Waals surface area contributed by atoms with E-state index in [9.17, 15) is 14.0 Å². The highest BCUT2D eigenvalue weighted by Crippen LogP contribution is 2.25. The van der Waals surface area contributed by atoms with E-state index in [2.05, 4.69) is 0 Å². The normalized spacial score (nSPS) is 12.6. The number of imide groups is 1. The van der Waals surface area contributed by atoms with Gasteiger partial charge in [0, 0.05) is 5.88 Å². The second-order valence-corrected chi connectivity index (χ2v) is 6.51. The average molecular weight is 345 g/mol. The number of halogens is 2. The van der Waals surface area contributed by atoms with E-state index < -0.39 is 29.3 Å². The second kappa shape index (κ2) is 8.26. The largest absolute Gasteiger partial charge is 0.442 e. The summed E-state index contributed by atoms with van der Waals surface area (Å²) < 4.78 is 18.5. The maximum Gasteiger partial charge on any atom is 0.431 e. The molecule has 0 fully saturated rings. The van der Waals surface area contributed by atoms with Crippen LogP contribution in [0, 0.1) is 5.82 Å². The van der Waals surface area contributed by atoms with Crippen molar-refractivity contribution >= 4 is 23.6 Å². The van der Waals surface area contributed by atoms with E-state index in [0.717, 1.165) is 0 Å². The van der Waals surface area contributed by atoms with Gasteiger partial charge in [0.25, 0.3) is 5.91 Å². The van der Waals surface area contributed by atoms with E-state index in [0.29, 0.717) is 29.3 Å². The van der Waals surface area contributed by atoms with Gasteiger partial charge in [-0.25, -0.2) is 15.0 Å². The molecule has 0 aliphatic heterocycles. The lowest BCUT2D eigenvalue weighted by atomic mass is 9.93. The monoisotopic (exact) mass is 344 g/mol. The summed E-state index contributed by atoms with van der Waals surface area (Å²) in [6.45, 7) is 5.00. The summed E-state index contributed by atoms with van der Waals surface area (Å²) >= 11 is 5.68. The van der Waals surface area contributed by atoms with Crippen LogP contribution in [0.1, 0.15) is 45.1 Å². The molecule has 1 atom stereocenters. The standard InChI is InChI=1S/C16H22ClFN2O3/c1-16(2,3)23-15(22)20(19)14(21)13(8-5-9-17)11-6-4-7-12(18)10-11/h4,6-7,10,13H,5,8-9,19H2,1-3H3. The molecule has 0 aliphatic rings. The van der Waals surface area contributed by atoms with Crippen molar-refractivity contribution < 1.29 is 18.7 Å². The van der Waals surface area contributed by atoms with Crippen molar-refractivity contribution in [2.75, 3.05) is 5.88 Å². The SMILES string of the molecule is CC(C)(C)OC(=O)N(N)C(=O)C(CCCCl)c1cccc(F)c1. The zero-order valence-electron chi connectivity index (χ0n) is 13.5. The van der Waals surface area contributed by atoms with Gasteiger partial charge in [-0.2, -0.15) is 5.01 Å². The Balaban J connectivity index is 2.97. The Kier molecular flexibility index (Phi) is 6.97. The molecular weight excluding hydrogens is 323 g/mol. The van der Waals surface area contributed by atoms with Crippen LogP contribution in [-0.4, -0.2) is 28.5 Å². The molecule has 0 aliphatic carbocycles. The molecule has 1 aromatic carbocycles. The van der Waals surface area contributed by atoms with Crippen molar-refractivity contribution in [2.24, 2.45) is 5.84 Å². The van der Waals surface area contributed by atoms with Crippen LogP contribution in [0.15, 0.2) is 24.3 Å². The smallest absolute Gasteiger partial charge is 0.431 e. The Morgan fingerprint density at radius 3 is 2.57 bits per heavy atom. The molecule has 0 radical (unpaired) electrons. The predicted molar refractivity (Wildman–Crippen MR) is 86.4 cm³/mol. The van der Waals surface area contributed by atoms with E-state index in [1.54, 1.807) is 26.8 Å². The van der Waals surface area contributed by atoms with Gasteiger partial charge in [0.15, 0.2) is 0 Å². The number of nitrogens with two attached hydrogens (primary N) is 1. The number of hydrogen-bond acceptors (Lipinski definition) is 4. The van der Waals surface area contributed by atoms with Crippen LogP contribution in [0.3, 0.4) is 0 Å². The van der Waals surface area contributed by atoms with Crippen LogP contribution in [0.5, 0.6) is 0 Å². The van der Waals surface area contributed by atoms with Crippen LogP contribution in [0.25, 0.3) is 0 Å². The van der Waals surface area contributed by atoms with Gasteiger partial charge in [-0.05, 0) is 51.3 Å². The average Bonchev–Trinajstić information content (AvgIpc) is 2.45. The highest BCUT2D eigenvalue weighted by atomic mass is 35.5. The van der Waals surface area contributed by atoms with E-state index in [4.69, 9.17) is 22.2 Å². The molecule has 1 rings (SSSR count). The Morgan fingerprint density at radius 1 is 1.39 bits per heavy atom. The molecule has 128 valence electrons. The fourth-order valence-electron chi connectivity index (χ4n) is 2.01. The number of nitrogens with zero attached hydrogens (tertiary/aromatic N) is 1. The third kappa shape index (κ3) is 6.15. The van der Waals surface area contributed by atoms with Gasteiger partial charge in [0.2, 0.25) is 0 Å². The molecule has 5 nitrogen and oxygen atoms in total. The van der Waals surface area contributed by atoms with Crippen LogP contribution < -0.4 is 5.84 Å². The third-order valence-electron chi connectivity index (χ3n) is 3.00. The van der Waals surface area contributed by atoms with Gasteiger partial charge in [-0.1, -0.05) is 12.1 Å². The predicted octanol–water partition coefficient (Wildman–Crippen LogP) is 3.57. The van der Waals surface area contributed by atoms with Crippen molar-refractivity contribution in [3.63, 3.8) is 0 Å². The van der Waals surface area contributed by atoms with E-state index in [-0.39, 0.29) is 0 Å². The maximum atomic E-state index is 13.4. The van der Waals surface area contributed by atoms with E-state index >= 15 is 0 Å². The second-order valence-electron chi connectivity index (χ2n) is 6.13. The number of alkyl halides is 1. The zero-order valence-corrected chi connectivity index (χ0v) is 14.3. The van der Waals surface area contributed by atoms with Crippen molar-refractivity contribution in [2.45, 2.75) is 45.1 Å². The Labute approximate surface area is 140 Å². The molecule has 23 heavy (non-hydrogen) atoms. The highest BCUT2D eigenvalue weighted by molar-refractivity contribution is 6.17. The van der Waals surface area contributed by atoms with E-state index in [1.807, 2.05) is 0 Å². The number of hydrogen-bond donors (Lipinski definition) is 1. The summed E-state index contributed by atoms with van der Waals surface area (Å²) in [6, 6.07) is 5.64. The lowest BCUT2D eigenvalue weighted by Gasteiger charge is -2.26. The first-order valence-corrected chi connectivity index (χ1v) is 7.82. The first-order valence-electron chi connectivity index (χ1n) is 7.29. The summed E-state index contributed by atoms with van der Waals surface area (Å²) in [5, 5.41) is 0.440. The quantitative estimate of drug-likeness (QED) is 0.383. The number of carbonyl (C=O) groups excluding carboxylic acids is 2. The Morgan fingerprint density at radius 2 is 2.04 bits per heavy atom. The van der Waals surface area contributed by atoms with Crippen molar-refractivity contribution in [3.8, 4) is 0 Å². The Bertz CT molecular complexity index is 561. The van der Waals surface area contributed by atoms with Crippen LogP contribution in [0.2, 0.25) is 0 Å².